The van der Waals surface area contributed by atoms with Gasteiger partial charge in [0.1, 0.15) is 6.33 Å². The summed E-state index contributed by atoms with van der Waals surface area (Å²) in [5.74, 6) is 0. The molecule has 1 aliphatic rings. The molecule has 0 saturated heterocycles. The van der Waals surface area contributed by atoms with Crippen molar-refractivity contribution in [2.24, 2.45) is 5.10 Å². The van der Waals surface area contributed by atoms with Crippen LogP contribution in [-0.4, -0.2) is 31.8 Å². The molecule has 2 aromatic heterocycles. The van der Waals surface area contributed by atoms with E-state index in [1.165, 1.54) is 15.9 Å². The first-order chi connectivity index (χ1) is 9.25. The zero-order valence-electron chi connectivity index (χ0n) is 9.85. The molecule has 7 heteroatoms. The zero-order valence-corrected chi connectivity index (χ0v) is 10.6. The molecule has 19 heavy (non-hydrogen) atoms. The van der Waals surface area contributed by atoms with E-state index in [1.807, 2.05) is 0 Å². The van der Waals surface area contributed by atoms with Gasteiger partial charge in [0.25, 0.3) is 0 Å². The maximum atomic E-state index is 12.3. The number of amides is 1. The fraction of sp³-hybridized carbons (Fsp3) is 0.167. The number of hydrogen-bond donors (Lipinski definition) is 0. The van der Waals surface area contributed by atoms with Crippen LogP contribution in [-0.2, 0) is 0 Å². The van der Waals surface area contributed by atoms with Crippen molar-refractivity contribution in [3.63, 3.8) is 0 Å². The highest BCUT2D eigenvalue weighted by Gasteiger charge is 2.29. The Labute approximate surface area is 114 Å². The lowest BCUT2D eigenvalue weighted by molar-refractivity contribution is 0.188. The standard InChI is InChI=1S/C12H10ClN5O/c13-10-5-9(6-15-7-10)11-1-2-16-18(11)12(19)17-4-3-14-8-17/h2-8,11H,1H2. The topological polar surface area (TPSA) is 63.4 Å². The number of pyridine rings is 1. The summed E-state index contributed by atoms with van der Waals surface area (Å²) < 4.78 is 1.38. The van der Waals surface area contributed by atoms with Crippen molar-refractivity contribution in [1.29, 1.82) is 0 Å². The van der Waals surface area contributed by atoms with Crippen molar-refractivity contribution in [2.75, 3.05) is 0 Å². The molecule has 96 valence electrons. The molecular formula is C12H10ClN5O. The minimum atomic E-state index is -0.253. The molecule has 6 nitrogen and oxygen atoms in total. The Balaban J connectivity index is 1.89. The lowest BCUT2D eigenvalue weighted by atomic mass is 10.1. The second-order valence-electron chi connectivity index (χ2n) is 4.08. The normalized spacial score (nSPS) is 17.9. The molecule has 0 aliphatic carbocycles. The molecule has 1 unspecified atom stereocenters. The third-order valence-electron chi connectivity index (χ3n) is 2.86. The third-order valence-corrected chi connectivity index (χ3v) is 3.07. The smallest absolute Gasteiger partial charge is 0.263 e. The van der Waals surface area contributed by atoms with Crippen molar-refractivity contribution < 1.29 is 4.79 Å². The van der Waals surface area contributed by atoms with Gasteiger partial charge in [-0.05, 0) is 11.6 Å². The Morgan fingerprint density at radius 2 is 2.26 bits per heavy atom. The molecule has 0 aromatic carbocycles. The number of hydrazone groups is 1. The molecule has 3 rings (SSSR count). The molecule has 0 saturated carbocycles. The van der Waals surface area contributed by atoms with Crippen molar-refractivity contribution in [3.8, 4) is 0 Å². The number of carbonyl (C=O) groups is 1. The van der Waals surface area contributed by atoms with Gasteiger partial charge in [0, 0.05) is 37.4 Å². The van der Waals surface area contributed by atoms with Crippen LogP contribution in [0.1, 0.15) is 18.0 Å². The maximum absolute atomic E-state index is 12.3. The van der Waals surface area contributed by atoms with Gasteiger partial charge < -0.3 is 0 Å². The number of imidazole rings is 1. The Morgan fingerprint density at radius 1 is 1.37 bits per heavy atom. The monoisotopic (exact) mass is 275 g/mol. The van der Waals surface area contributed by atoms with E-state index >= 15 is 0 Å². The fourth-order valence-electron chi connectivity index (χ4n) is 1.98. The highest BCUT2D eigenvalue weighted by molar-refractivity contribution is 6.30. The largest absolute Gasteiger partial charge is 0.350 e. The minimum Gasteiger partial charge on any atom is -0.263 e. The van der Waals surface area contributed by atoms with Gasteiger partial charge in [-0.2, -0.15) is 5.10 Å². The highest BCUT2D eigenvalue weighted by Crippen LogP contribution is 2.29. The van der Waals surface area contributed by atoms with E-state index < -0.39 is 0 Å². The van der Waals surface area contributed by atoms with Gasteiger partial charge in [-0.3, -0.25) is 9.55 Å². The summed E-state index contributed by atoms with van der Waals surface area (Å²) in [6, 6.07) is 1.36. The molecule has 1 atom stereocenters. The predicted octanol–water partition coefficient (Wildman–Crippen LogP) is 2.33. The molecule has 0 radical (unpaired) electrons. The average molecular weight is 276 g/mol. The van der Waals surface area contributed by atoms with Crippen molar-refractivity contribution in [1.82, 2.24) is 19.5 Å². The van der Waals surface area contributed by atoms with Gasteiger partial charge in [0.2, 0.25) is 0 Å². The molecular weight excluding hydrogens is 266 g/mol. The number of hydrogen-bond acceptors (Lipinski definition) is 4. The molecule has 0 spiro atoms. The lowest BCUT2D eigenvalue weighted by Crippen LogP contribution is -2.30. The first kappa shape index (κ1) is 11.9. The van der Waals surface area contributed by atoms with Crippen molar-refractivity contribution in [3.05, 3.63) is 47.8 Å². The van der Waals surface area contributed by atoms with Crippen molar-refractivity contribution in [2.45, 2.75) is 12.5 Å². The van der Waals surface area contributed by atoms with E-state index in [0.29, 0.717) is 11.4 Å². The number of rotatable bonds is 1. The van der Waals surface area contributed by atoms with E-state index in [4.69, 9.17) is 11.6 Å². The van der Waals surface area contributed by atoms with Crippen LogP contribution in [0.4, 0.5) is 4.79 Å². The predicted molar refractivity (Wildman–Crippen MR) is 70.0 cm³/mol. The third kappa shape index (κ3) is 2.22. The van der Waals surface area contributed by atoms with Gasteiger partial charge in [-0.15, -0.1) is 0 Å². The van der Waals surface area contributed by atoms with Crippen LogP contribution >= 0.6 is 11.6 Å². The van der Waals surface area contributed by atoms with E-state index in [2.05, 4.69) is 15.1 Å². The summed E-state index contributed by atoms with van der Waals surface area (Å²) in [7, 11) is 0. The van der Waals surface area contributed by atoms with E-state index in [9.17, 15) is 4.79 Å². The molecule has 1 amide bonds. The summed E-state index contributed by atoms with van der Waals surface area (Å²) in [5, 5.41) is 6.07. The van der Waals surface area contributed by atoms with Crippen LogP contribution in [0.5, 0.6) is 0 Å². The van der Waals surface area contributed by atoms with Crippen LogP contribution in [0.2, 0.25) is 5.02 Å². The second-order valence-corrected chi connectivity index (χ2v) is 4.52. The second kappa shape index (κ2) is 4.81. The average Bonchev–Trinajstić information content (AvgIpc) is 3.09. The Kier molecular flexibility index (Phi) is 3.00. The van der Waals surface area contributed by atoms with Crippen LogP contribution < -0.4 is 0 Å². The quantitative estimate of drug-likeness (QED) is 0.802. The number of nitrogens with zero attached hydrogens (tertiary/aromatic N) is 5. The first-order valence-electron chi connectivity index (χ1n) is 5.70. The van der Waals surface area contributed by atoms with E-state index in [0.717, 1.165) is 5.56 Å². The molecule has 0 N–H and O–H groups in total. The molecule has 2 aromatic rings. The first-order valence-corrected chi connectivity index (χ1v) is 6.08. The lowest BCUT2D eigenvalue weighted by Gasteiger charge is -2.21. The number of carbonyl (C=O) groups excluding carboxylic acids is 1. The Bertz CT molecular complexity index is 625. The van der Waals surface area contributed by atoms with Gasteiger partial charge >= 0.3 is 6.03 Å². The number of halogens is 1. The van der Waals surface area contributed by atoms with Crippen molar-refractivity contribution >= 4 is 23.8 Å². The number of aromatic nitrogens is 3. The summed E-state index contributed by atoms with van der Waals surface area (Å²) >= 11 is 5.93. The highest BCUT2D eigenvalue weighted by atomic mass is 35.5. The SMILES string of the molecule is O=C(N1N=CCC1c1cncc(Cl)c1)n1ccnc1. The summed E-state index contributed by atoms with van der Waals surface area (Å²) in [5.41, 5.74) is 0.860. The fourth-order valence-corrected chi connectivity index (χ4v) is 2.16. The molecule has 0 fully saturated rings. The van der Waals surface area contributed by atoms with Crippen LogP contribution in [0, 0.1) is 0 Å². The Hall–Kier alpha value is -2.21. The van der Waals surface area contributed by atoms with E-state index in [-0.39, 0.29) is 12.1 Å². The van der Waals surface area contributed by atoms with Gasteiger partial charge in [0.15, 0.2) is 0 Å². The molecule has 3 heterocycles. The summed E-state index contributed by atoms with van der Waals surface area (Å²) in [4.78, 5) is 20.2. The van der Waals surface area contributed by atoms with Gasteiger partial charge in [0.05, 0.1) is 11.1 Å². The van der Waals surface area contributed by atoms with Crippen LogP contribution in [0.3, 0.4) is 0 Å². The van der Waals surface area contributed by atoms with Crippen LogP contribution in [0.25, 0.3) is 0 Å². The maximum Gasteiger partial charge on any atom is 0.350 e. The van der Waals surface area contributed by atoms with E-state index in [1.54, 1.807) is 37.1 Å². The molecule has 0 bridgehead atoms. The summed E-state index contributed by atoms with van der Waals surface area (Å²) in [6.45, 7) is 0. The van der Waals surface area contributed by atoms with Gasteiger partial charge in [-0.25, -0.2) is 14.8 Å². The zero-order chi connectivity index (χ0) is 13.2. The minimum absolute atomic E-state index is 0.180. The van der Waals surface area contributed by atoms with Crippen LogP contribution in [0.15, 0.2) is 42.3 Å². The summed E-state index contributed by atoms with van der Waals surface area (Å²) in [6.07, 6.45) is 10.2. The molecule has 1 aliphatic heterocycles. The Morgan fingerprint density at radius 3 is 3.00 bits per heavy atom. The van der Waals surface area contributed by atoms with Gasteiger partial charge in [-0.1, -0.05) is 11.6 Å².